The van der Waals surface area contributed by atoms with Crippen molar-refractivity contribution >= 4 is 23.3 Å². The fraction of sp³-hybridized carbons (Fsp3) is 0.440. The summed E-state index contributed by atoms with van der Waals surface area (Å²) in [6, 6.07) is 0.164. The SMILES string of the molecule is CCN(CC)CCn1cc(C2=CC3C=C(CC4NN=C5C=CC(C)=NN54)C=CC3N=C2)cn1. The van der Waals surface area contributed by atoms with Crippen LogP contribution in [0.4, 0.5) is 0 Å². The first-order valence-electron chi connectivity index (χ1n) is 11.9. The van der Waals surface area contributed by atoms with Crippen LogP contribution < -0.4 is 5.43 Å². The molecule has 0 spiro atoms. The van der Waals surface area contributed by atoms with Gasteiger partial charge in [-0.3, -0.25) is 15.1 Å². The van der Waals surface area contributed by atoms with E-state index in [0.717, 1.165) is 55.3 Å². The molecular formula is C25H32N8. The number of rotatable bonds is 8. The molecule has 3 atom stereocenters. The Morgan fingerprint density at radius 1 is 1.12 bits per heavy atom. The molecule has 0 bridgehead atoms. The van der Waals surface area contributed by atoms with Gasteiger partial charge in [-0.2, -0.15) is 15.3 Å². The van der Waals surface area contributed by atoms with Gasteiger partial charge in [-0.15, -0.1) is 0 Å². The highest BCUT2D eigenvalue weighted by atomic mass is 15.6. The Labute approximate surface area is 195 Å². The third-order valence-corrected chi connectivity index (χ3v) is 6.60. The standard InChI is InChI=1S/C25H32N8/c1-4-31(5-2)10-11-32-17-22(16-27-32)21-14-20-12-19(7-8-23(20)26-15-21)13-25-29-28-24-9-6-18(3)30-33(24)25/h6-9,12,14-17,20,23,25,29H,4-5,10-11,13H2,1-3H3. The summed E-state index contributed by atoms with van der Waals surface area (Å²) in [5.74, 6) is 1.11. The molecule has 33 heavy (non-hydrogen) atoms. The van der Waals surface area contributed by atoms with Gasteiger partial charge in [-0.1, -0.05) is 38.2 Å². The quantitative estimate of drug-likeness (QED) is 0.669. The number of nitrogens with one attached hydrogen (secondary N) is 1. The van der Waals surface area contributed by atoms with Crippen LogP contribution in [0.3, 0.4) is 0 Å². The molecule has 3 unspecified atom stereocenters. The second-order valence-corrected chi connectivity index (χ2v) is 8.83. The van der Waals surface area contributed by atoms with Crippen molar-refractivity contribution < 1.29 is 0 Å². The number of amidine groups is 1. The molecule has 8 nitrogen and oxygen atoms in total. The lowest BCUT2D eigenvalue weighted by atomic mass is 9.86. The highest BCUT2D eigenvalue weighted by Crippen LogP contribution is 2.30. The molecular weight excluding hydrogens is 412 g/mol. The van der Waals surface area contributed by atoms with Crippen LogP contribution in [0, 0.1) is 5.92 Å². The summed E-state index contributed by atoms with van der Waals surface area (Å²) in [6.45, 7) is 10.5. The number of aromatic nitrogens is 2. The smallest absolute Gasteiger partial charge is 0.170 e. The van der Waals surface area contributed by atoms with Gasteiger partial charge in [-0.05, 0) is 43.3 Å². The van der Waals surface area contributed by atoms with E-state index in [1.54, 1.807) is 0 Å². The lowest BCUT2D eigenvalue weighted by Gasteiger charge is -2.27. The summed E-state index contributed by atoms with van der Waals surface area (Å²) >= 11 is 0. The van der Waals surface area contributed by atoms with E-state index in [1.165, 1.54) is 5.57 Å². The van der Waals surface area contributed by atoms with E-state index in [0.29, 0.717) is 0 Å². The Hall–Kier alpha value is -3.26. The van der Waals surface area contributed by atoms with Crippen molar-refractivity contribution in [1.82, 2.24) is 25.1 Å². The Bertz CT molecular complexity index is 1100. The Balaban J connectivity index is 1.25. The van der Waals surface area contributed by atoms with Gasteiger partial charge >= 0.3 is 0 Å². The zero-order valence-corrected chi connectivity index (χ0v) is 19.6. The van der Waals surface area contributed by atoms with E-state index in [9.17, 15) is 0 Å². The number of hydrogen-bond acceptors (Lipinski definition) is 7. The van der Waals surface area contributed by atoms with Crippen LogP contribution in [-0.2, 0) is 6.54 Å². The van der Waals surface area contributed by atoms with Crippen LogP contribution >= 0.6 is 0 Å². The molecule has 3 aliphatic heterocycles. The molecule has 0 saturated carbocycles. The summed E-state index contributed by atoms with van der Waals surface area (Å²) in [6.07, 6.45) is 20.0. The number of allylic oxidation sites excluding steroid dienone is 3. The van der Waals surface area contributed by atoms with Crippen LogP contribution in [0.25, 0.3) is 5.57 Å². The summed E-state index contributed by atoms with van der Waals surface area (Å²) in [7, 11) is 0. The number of nitrogens with zero attached hydrogens (tertiary/aromatic N) is 7. The number of hydrazone groups is 2. The molecule has 4 aliphatic rings. The normalized spacial score (nSPS) is 25.3. The number of dihydropyridines is 1. The van der Waals surface area contributed by atoms with Crippen molar-refractivity contribution in [2.45, 2.75) is 45.9 Å². The second-order valence-electron chi connectivity index (χ2n) is 8.83. The lowest BCUT2D eigenvalue weighted by molar-refractivity contribution is 0.285. The average molecular weight is 445 g/mol. The van der Waals surface area contributed by atoms with E-state index in [4.69, 9.17) is 4.99 Å². The minimum Gasteiger partial charge on any atom is -0.302 e. The molecule has 0 saturated heterocycles. The maximum Gasteiger partial charge on any atom is 0.170 e. The number of aliphatic imine (C=N–C) groups is 1. The molecule has 1 aromatic rings. The van der Waals surface area contributed by atoms with Crippen LogP contribution in [0.2, 0.25) is 0 Å². The first kappa shape index (κ1) is 21.6. The lowest BCUT2D eigenvalue weighted by Crippen LogP contribution is -2.38. The van der Waals surface area contributed by atoms with Gasteiger partial charge in [0, 0.05) is 36.9 Å². The molecule has 0 amide bonds. The first-order valence-corrected chi connectivity index (χ1v) is 11.9. The predicted molar refractivity (Wildman–Crippen MR) is 134 cm³/mol. The largest absolute Gasteiger partial charge is 0.302 e. The van der Waals surface area contributed by atoms with Gasteiger partial charge in [0.05, 0.1) is 24.5 Å². The molecule has 0 aromatic carbocycles. The van der Waals surface area contributed by atoms with Gasteiger partial charge in [-0.25, -0.2) is 5.01 Å². The zero-order chi connectivity index (χ0) is 22.8. The van der Waals surface area contributed by atoms with Crippen molar-refractivity contribution in [2.24, 2.45) is 21.1 Å². The highest BCUT2D eigenvalue weighted by Gasteiger charge is 2.30. The number of hydrogen-bond donors (Lipinski definition) is 1. The van der Waals surface area contributed by atoms with Crippen LogP contribution in [0.1, 0.15) is 32.8 Å². The van der Waals surface area contributed by atoms with Crippen molar-refractivity contribution in [3.05, 3.63) is 60.0 Å². The molecule has 5 rings (SSSR count). The van der Waals surface area contributed by atoms with Gasteiger partial charge in [0.2, 0.25) is 0 Å². The fourth-order valence-corrected chi connectivity index (χ4v) is 4.58. The maximum absolute atomic E-state index is 4.81. The Morgan fingerprint density at radius 2 is 2.00 bits per heavy atom. The van der Waals surface area contributed by atoms with Gasteiger partial charge in [0.25, 0.3) is 0 Å². The van der Waals surface area contributed by atoms with Gasteiger partial charge < -0.3 is 4.90 Å². The topological polar surface area (TPSA) is 73.4 Å². The monoisotopic (exact) mass is 444 g/mol. The van der Waals surface area contributed by atoms with E-state index in [2.05, 4.69) is 70.0 Å². The van der Waals surface area contributed by atoms with E-state index in [1.807, 2.05) is 41.2 Å². The van der Waals surface area contributed by atoms with Gasteiger partial charge in [0.1, 0.15) is 6.17 Å². The zero-order valence-electron chi connectivity index (χ0n) is 19.6. The summed E-state index contributed by atoms with van der Waals surface area (Å²) in [5.41, 5.74) is 7.75. The minimum absolute atomic E-state index is 0.0342. The Kier molecular flexibility index (Phi) is 6.09. The molecule has 1 aromatic heterocycles. The van der Waals surface area contributed by atoms with Crippen molar-refractivity contribution in [3.63, 3.8) is 0 Å². The molecule has 172 valence electrons. The van der Waals surface area contributed by atoms with Gasteiger partial charge in [0.15, 0.2) is 5.84 Å². The summed E-state index contributed by atoms with van der Waals surface area (Å²) < 4.78 is 2.04. The number of fused-ring (bicyclic) bond motifs is 2. The summed E-state index contributed by atoms with van der Waals surface area (Å²) in [4.78, 5) is 7.22. The second kappa shape index (κ2) is 9.31. The van der Waals surface area contributed by atoms with E-state index in [-0.39, 0.29) is 18.1 Å². The average Bonchev–Trinajstić information content (AvgIpc) is 3.46. The van der Waals surface area contributed by atoms with E-state index >= 15 is 0 Å². The Morgan fingerprint density at radius 3 is 2.85 bits per heavy atom. The molecule has 1 N–H and O–H groups in total. The molecule has 0 fully saturated rings. The fourth-order valence-electron chi connectivity index (χ4n) is 4.58. The van der Waals surface area contributed by atoms with E-state index < -0.39 is 0 Å². The molecule has 0 radical (unpaired) electrons. The molecule has 4 heterocycles. The number of likely N-dealkylation sites (N-methyl/N-ethyl adjacent to an activating group) is 1. The van der Waals surface area contributed by atoms with Crippen molar-refractivity contribution in [2.75, 3.05) is 19.6 Å². The molecule has 8 heteroatoms. The van der Waals surface area contributed by atoms with Crippen LogP contribution in [0.5, 0.6) is 0 Å². The highest BCUT2D eigenvalue weighted by molar-refractivity contribution is 6.10. The predicted octanol–water partition coefficient (Wildman–Crippen LogP) is 3.05. The third-order valence-electron chi connectivity index (χ3n) is 6.60. The van der Waals surface area contributed by atoms with Crippen LogP contribution in [0.15, 0.2) is 69.6 Å². The third kappa shape index (κ3) is 4.61. The maximum atomic E-state index is 4.81. The van der Waals surface area contributed by atoms with Crippen molar-refractivity contribution in [3.8, 4) is 0 Å². The summed E-state index contributed by atoms with van der Waals surface area (Å²) in [5, 5.41) is 15.6. The van der Waals surface area contributed by atoms with Crippen LogP contribution in [-0.4, -0.2) is 69.3 Å². The minimum atomic E-state index is 0.0342. The first-order chi connectivity index (χ1) is 16.1. The molecule has 1 aliphatic carbocycles. The van der Waals surface area contributed by atoms with Crippen molar-refractivity contribution in [1.29, 1.82) is 0 Å².